The highest BCUT2D eigenvalue weighted by Crippen LogP contribution is 2.31. The highest BCUT2D eigenvalue weighted by molar-refractivity contribution is 7.92. The molecule has 10 heteroatoms. The molecule has 1 heterocycles. The molecule has 0 aliphatic carbocycles. The van der Waals surface area contributed by atoms with Crippen molar-refractivity contribution < 1.29 is 23.0 Å². The molecular weight excluding hydrogens is 302 g/mol. The van der Waals surface area contributed by atoms with Crippen molar-refractivity contribution in [3.05, 3.63) is 39.8 Å². The number of hydrogen-bond acceptors (Lipinski definition) is 7. The van der Waals surface area contributed by atoms with Gasteiger partial charge in [-0.3, -0.25) is 14.8 Å². The number of aromatic hydroxyl groups is 1. The molecule has 0 saturated heterocycles. The number of phenols is 1. The second-order valence-electron chi connectivity index (χ2n) is 4.22. The Kier molecular flexibility index (Phi) is 3.56. The first kappa shape index (κ1) is 14.8. The summed E-state index contributed by atoms with van der Waals surface area (Å²) in [5, 5.41) is 23.8. The van der Waals surface area contributed by atoms with E-state index in [1.807, 2.05) is 0 Å². The van der Waals surface area contributed by atoms with E-state index in [2.05, 4.69) is 9.88 Å². The van der Waals surface area contributed by atoms with Crippen LogP contribution in [0.3, 0.4) is 0 Å². The zero-order chi connectivity index (χ0) is 15.8. The fourth-order valence-electron chi connectivity index (χ4n) is 1.77. The third-order valence-corrected chi connectivity index (χ3v) is 4.28. The van der Waals surface area contributed by atoms with E-state index in [1.54, 1.807) is 0 Å². The minimum Gasteiger partial charge on any atom is -0.506 e. The quantitative estimate of drug-likeness (QED) is 0.498. The molecule has 9 nitrogen and oxygen atoms in total. The van der Waals surface area contributed by atoms with Gasteiger partial charge in [0.1, 0.15) is 11.4 Å². The summed E-state index contributed by atoms with van der Waals surface area (Å²) in [7, 11) is -4.09. The molecule has 0 saturated carbocycles. The average Bonchev–Trinajstić information content (AvgIpc) is 2.71. The molecule has 0 radical (unpaired) electrons. The van der Waals surface area contributed by atoms with Crippen molar-refractivity contribution in [1.82, 2.24) is 5.16 Å². The Bertz CT molecular complexity index is 792. The van der Waals surface area contributed by atoms with E-state index in [0.717, 1.165) is 18.2 Å². The van der Waals surface area contributed by atoms with E-state index >= 15 is 0 Å². The molecule has 0 aliphatic heterocycles. The van der Waals surface area contributed by atoms with Gasteiger partial charge in [-0.25, -0.2) is 8.42 Å². The summed E-state index contributed by atoms with van der Waals surface area (Å²) < 4.78 is 31.3. The van der Waals surface area contributed by atoms with Crippen molar-refractivity contribution in [2.45, 2.75) is 18.7 Å². The van der Waals surface area contributed by atoms with Gasteiger partial charge < -0.3 is 9.63 Å². The third-order valence-electron chi connectivity index (χ3n) is 2.67. The van der Waals surface area contributed by atoms with Crippen LogP contribution in [-0.2, 0) is 10.0 Å². The van der Waals surface area contributed by atoms with Crippen molar-refractivity contribution in [2.24, 2.45) is 0 Å². The molecule has 21 heavy (non-hydrogen) atoms. The Labute approximate surface area is 119 Å². The number of phenolic OH excluding ortho intramolecular Hbond substituents is 1. The number of nitrogens with zero attached hydrogens (tertiary/aromatic N) is 2. The van der Waals surface area contributed by atoms with Crippen LogP contribution in [-0.4, -0.2) is 23.6 Å². The van der Waals surface area contributed by atoms with Crippen LogP contribution in [0.2, 0.25) is 0 Å². The van der Waals surface area contributed by atoms with E-state index in [0.29, 0.717) is 0 Å². The number of nitrogens with one attached hydrogen (secondary N) is 1. The van der Waals surface area contributed by atoms with E-state index in [1.165, 1.54) is 13.8 Å². The van der Waals surface area contributed by atoms with Crippen molar-refractivity contribution >= 4 is 21.4 Å². The number of aromatic nitrogens is 1. The first-order valence-corrected chi connectivity index (χ1v) is 7.14. The van der Waals surface area contributed by atoms with Crippen molar-refractivity contribution in [3.8, 4) is 5.75 Å². The second kappa shape index (κ2) is 5.05. The highest BCUT2D eigenvalue weighted by Gasteiger charge is 2.25. The lowest BCUT2D eigenvalue weighted by Crippen LogP contribution is -2.14. The summed E-state index contributed by atoms with van der Waals surface area (Å²) in [5.41, 5.74) is -0.515. The maximum Gasteiger partial charge on any atom is 0.271 e. The fourth-order valence-corrected chi connectivity index (χ4v) is 3.17. The summed E-state index contributed by atoms with van der Waals surface area (Å²) in [6.45, 7) is 2.86. The Morgan fingerprint density at radius 3 is 2.57 bits per heavy atom. The maximum atomic E-state index is 12.2. The van der Waals surface area contributed by atoms with Gasteiger partial charge in [0.2, 0.25) is 0 Å². The lowest BCUT2D eigenvalue weighted by atomic mass is 10.2. The smallest absolute Gasteiger partial charge is 0.271 e. The first-order chi connectivity index (χ1) is 9.72. The predicted molar refractivity (Wildman–Crippen MR) is 71.5 cm³/mol. The minimum atomic E-state index is -4.09. The number of nitro groups is 1. The Morgan fingerprint density at radius 2 is 2.05 bits per heavy atom. The van der Waals surface area contributed by atoms with Gasteiger partial charge in [0.15, 0.2) is 10.7 Å². The van der Waals surface area contributed by atoms with Gasteiger partial charge in [-0.2, -0.15) is 0 Å². The van der Waals surface area contributed by atoms with Crippen LogP contribution in [0.5, 0.6) is 5.75 Å². The van der Waals surface area contributed by atoms with Crippen molar-refractivity contribution in [2.75, 3.05) is 4.72 Å². The lowest BCUT2D eigenvalue weighted by Gasteiger charge is -2.09. The molecule has 0 aliphatic rings. The minimum absolute atomic E-state index is 0.0740. The largest absolute Gasteiger partial charge is 0.506 e. The van der Waals surface area contributed by atoms with Crippen LogP contribution in [0.25, 0.3) is 0 Å². The Balaban J connectivity index is 2.46. The van der Waals surface area contributed by atoms with Crippen LogP contribution in [0.4, 0.5) is 11.4 Å². The molecule has 0 spiro atoms. The normalized spacial score (nSPS) is 11.3. The third kappa shape index (κ3) is 2.79. The molecule has 2 N–H and O–H groups in total. The average molecular weight is 313 g/mol. The molecule has 0 fully saturated rings. The molecular formula is C11H11N3O6S. The van der Waals surface area contributed by atoms with E-state index < -0.39 is 20.7 Å². The lowest BCUT2D eigenvalue weighted by molar-refractivity contribution is -0.384. The Hall–Kier alpha value is -2.62. The van der Waals surface area contributed by atoms with Crippen LogP contribution in [0.15, 0.2) is 27.6 Å². The van der Waals surface area contributed by atoms with Crippen molar-refractivity contribution in [3.63, 3.8) is 0 Å². The molecule has 2 rings (SSSR count). The summed E-state index contributed by atoms with van der Waals surface area (Å²) in [5.74, 6) is -0.360. The van der Waals surface area contributed by atoms with Crippen LogP contribution in [0.1, 0.15) is 11.5 Å². The number of nitro benzene ring substituents is 1. The fraction of sp³-hybridized carbons (Fsp3) is 0.182. The van der Waals surface area contributed by atoms with E-state index in [4.69, 9.17) is 4.52 Å². The number of rotatable bonds is 4. The molecule has 0 atom stereocenters. The first-order valence-electron chi connectivity index (χ1n) is 5.65. The van der Waals surface area contributed by atoms with E-state index in [9.17, 15) is 23.6 Å². The zero-order valence-electron chi connectivity index (χ0n) is 11.0. The molecule has 0 unspecified atom stereocenters. The maximum absolute atomic E-state index is 12.2. The summed E-state index contributed by atoms with van der Waals surface area (Å²) in [6.07, 6.45) is 0. The molecule has 1 aromatic carbocycles. The van der Waals surface area contributed by atoms with Crippen LogP contribution in [0, 0.1) is 24.0 Å². The SMILES string of the molecule is Cc1noc(C)c1S(=O)(=O)Nc1cc([N+](=O)[O-])ccc1O. The monoisotopic (exact) mass is 313 g/mol. The summed E-state index contributed by atoms with van der Waals surface area (Å²) in [6, 6.07) is 3.01. The van der Waals surface area contributed by atoms with Crippen LogP contribution < -0.4 is 4.72 Å². The highest BCUT2D eigenvalue weighted by atomic mass is 32.2. The number of benzene rings is 1. The summed E-state index contributed by atoms with van der Waals surface area (Å²) >= 11 is 0. The number of aryl methyl sites for hydroxylation is 2. The number of sulfonamides is 1. The number of anilines is 1. The van der Waals surface area contributed by atoms with Gasteiger partial charge in [0, 0.05) is 12.1 Å². The molecule has 1 aromatic heterocycles. The number of non-ortho nitro benzene ring substituents is 1. The van der Waals surface area contributed by atoms with Crippen molar-refractivity contribution in [1.29, 1.82) is 0 Å². The standard InChI is InChI=1S/C11H11N3O6S/c1-6-11(7(2)20-12-6)21(18,19)13-9-5-8(14(16)17)3-4-10(9)15/h3-5,13,15H,1-2H3. The van der Waals surface area contributed by atoms with Crippen LogP contribution >= 0.6 is 0 Å². The summed E-state index contributed by atoms with van der Waals surface area (Å²) in [4.78, 5) is 9.81. The van der Waals surface area contributed by atoms with Gasteiger partial charge >= 0.3 is 0 Å². The van der Waals surface area contributed by atoms with Gasteiger partial charge in [-0.1, -0.05) is 5.16 Å². The number of hydrogen-bond donors (Lipinski definition) is 2. The zero-order valence-corrected chi connectivity index (χ0v) is 11.8. The van der Waals surface area contributed by atoms with Gasteiger partial charge in [-0.05, 0) is 19.9 Å². The van der Waals surface area contributed by atoms with Gasteiger partial charge in [0.05, 0.1) is 10.6 Å². The Morgan fingerprint density at radius 1 is 1.38 bits per heavy atom. The van der Waals surface area contributed by atoms with E-state index in [-0.39, 0.29) is 27.7 Å². The van der Waals surface area contributed by atoms with Gasteiger partial charge in [0.25, 0.3) is 15.7 Å². The molecule has 112 valence electrons. The predicted octanol–water partition coefficient (Wildman–Crippen LogP) is 1.71. The molecule has 0 bridgehead atoms. The second-order valence-corrected chi connectivity index (χ2v) is 5.84. The molecule has 2 aromatic rings. The topological polar surface area (TPSA) is 136 Å². The van der Waals surface area contributed by atoms with Gasteiger partial charge in [-0.15, -0.1) is 0 Å². The molecule has 0 amide bonds.